The molecule has 1 fully saturated rings. The van der Waals surface area contributed by atoms with Gasteiger partial charge in [0.2, 0.25) is 11.8 Å². The molecule has 2 aliphatic carbocycles. The number of rotatable bonds is 6. The van der Waals surface area contributed by atoms with Gasteiger partial charge in [-0.2, -0.15) is 0 Å². The molecule has 2 aromatic heterocycles. The lowest BCUT2D eigenvalue weighted by atomic mass is 9.97. The van der Waals surface area contributed by atoms with Crippen LogP contribution >= 0.6 is 23.1 Å². The number of amides is 2. The van der Waals surface area contributed by atoms with E-state index in [0.29, 0.717) is 6.04 Å². The molecule has 0 unspecified atom stereocenters. The number of hydrogen-bond donors (Lipinski definition) is 1. The first kappa shape index (κ1) is 18.7. The van der Waals surface area contributed by atoms with E-state index in [1.54, 1.807) is 18.4 Å². The maximum atomic E-state index is 12.5. The van der Waals surface area contributed by atoms with E-state index >= 15 is 0 Å². The number of thioether (sulfide) groups is 1. The van der Waals surface area contributed by atoms with E-state index in [1.165, 1.54) is 39.9 Å². The second-order valence-corrected chi connectivity index (χ2v) is 9.39. The highest BCUT2D eigenvalue weighted by Crippen LogP contribution is 2.39. The third-order valence-electron chi connectivity index (χ3n) is 4.97. The van der Waals surface area contributed by atoms with Gasteiger partial charge in [0.25, 0.3) is 0 Å². The van der Waals surface area contributed by atoms with Crippen molar-refractivity contribution in [1.82, 2.24) is 20.2 Å². The minimum atomic E-state index is -0.0782. The Morgan fingerprint density at radius 1 is 1.26 bits per heavy atom. The molecule has 0 radical (unpaired) electrons. The van der Waals surface area contributed by atoms with Crippen molar-refractivity contribution >= 4 is 45.1 Å². The Bertz CT molecular complexity index is 891. The Labute approximate surface area is 167 Å². The van der Waals surface area contributed by atoms with E-state index < -0.39 is 0 Å². The summed E-state index contributed by atoms with van der Waals surface area (Å²) in [7, 11) is 1.68. The second kappa shape index (κ2) is 7.75. The zero-order chi connectivity index (χ0) is 19.0. The van der Waals surface area contributed by atoms with Gasteiger partial charge in [0.15, 0.2) is 0 Å². The molecule has 8 heteroatoms. The molecule has 0 aromatic carbocycles. The second-order valence-electron chi connectivity index (χ2n) is 7.35. The maximum Gasteiger partial charge on any atom is 0.239 e. The quantitative estimate of drug-likeness (QED) is 0.592. The van der Waals surface area contributed by atoms with Crippen molar-refractivity contribution in [2.45, 2.75) is 56.5 Å². The monoisotopic (exact) mass is 404 g/mol. The average Bonchev–Trinajstić information content (AvgIpc) is 3.36. The molecule has 1 N–H and O–H groups in total. The smallest absolute Gasteiger partial charge is 0.239 e. The zero-order valence-corrected chi connectivity index (χ0v) is 17.3. The summed E-state index contributed by atoms with van der Waals surface area (Å²) in [6, 6.07) is 0.317. The summed E-state index contributed by atoms with van der Waals surface area (Å²) in [5.41, 5.74) is 1.38. The summed E-state index contributed by atoms with van der Waals surface area (Å²) in [4.78, 5) is 37.6. The van der Waals surface area contributed by atoms with Crippen LogP contribution in [0.4, 0.5) is 0 Å². The summed E-state index contributed by atoms with van der Waals surface area (Å²) < 4.78 is 0. The molecular formula is C19H24N4O2S2. The van der Waals surface area contributed by atoms with E-state index in [1.807, 2.05) is 6.92 Å². The van der Waals surface area contributed by atoms with Crippen LogP contribution < -0.4 is 5.32 Å². The summed E-state index contributed by atoms with van der Waals surface area (Å²) >= 11 is 3.24. The molecule has 0 saturated heterocycles. The largest absolute Gasteiger partial charge is 0.352 e. The van der Waals surface area contributed by atoms with Gasteiger partial charge in [-0.25, -0.2) is 9.97 Å². The van der Waals surface area contributed by atoms with Crippen molar-refractivity contribution in [1.29, 1.82) is 0 Å². The Morgan fingerprint density at radius 2 is 2.04 bits per heavy atom. The molecule has 0 bridgehead atoms. The van der Waals surface area contributed by atoms with Crippen LogP contribution in [0.3, 0.4) is 0 Å². The lowest BCUT2D eigenvalue weighted by Gasteiger charge is -2.17. The van der Waals surface area contributed by atoms with Gasteiger partial charge in [0.1, 0.15) is 15.7 Å². The molecule has 1 saturated carbocycles. The Morgan fingerprint density at radius 3 is 2.81 bits per heavy atom. The first-order valence-corrected chi connectivity index (χ1v) is 11.3. The standard InChI is InChI=1S/C19H24N4O2S2/c1-11-20-18(17-13-5-3-4-6-14(13)27-19(17)21-11)26-10-16(25)23(2)9-15(24)22-12-7-8-12/h12H,3-10H2,1-2H3,(H,22,24). The molecule has 2 amide bonds. The van der Waals surface area contributed by atoms with Crippen molar-refractivity contribution < 1.29 is 9.59 Å². The van der Waals surface area contributed by atoms with Gasteiger partial charge in [0, 0.05) is 23.4 Å². The van der Waals surface area contributed by atoms with Crippen molar-refractivity contribution in [3.05, 3.63) is 16.3 Å². The lowest BCUT2D eigenvalue weighted by molar-refractivity contribution is -0.132. The number of likely N-dealkylation sites (N-methyl/N-ethyl adjacent to an activating group) is 1. The van der Waals surface area contributed by atoms with Gasteiger partial charge in [-0.05, 0) is 51.0 Å². The van der Waals surface area contributed by atoms with E-state index in [4.69, 9.17) is 0 Å². The summed E-state index contributed by atoms with van der Waals surface area (Å²) in [6.07, 6.45) is 6.73. The van der Waals surface area contributed by atoms with Gasteiger partial charge in [-0.3, -0.25) is 9.59 Å². The fourth-order valence-corrected chi connectivity index (χ4v) is 5.79. The Hall–Kier alpha value is -1.67. The highest BCUT2D eigenvalue weighted by Gasteiger charge is 2.25. The fraction of sp³-hybridized carbons (Fsp3) is 0.579. The first-order valence-electron chi connectivity index (χ1n) is 9.46. The minimum absolute atomic E-state index is 0.0561. The zero-order valence-electron chi connectivity index (χ0n) is 15.7. The molecule has 27 heavy (non-hydrogen) atoms. The van der Waals surface area contributed by atoms with Crippen molar-refractivity contribution in [2.24, 2.45) is 0 Å². The van der Waals surface area contributed by atoms with E-state index in [9.17, 15) is 9.59 Å². The maximum absolute atomic E-state index is 12.5. The van der Waals surface area contributed by atoms with Crippen LogP contribution in [0.15, 0.2) is 5.03 Å². The number of thiophene rings is 1. The number of aromatic nitrogens is 2. The van der Waals surface area contributed by atoms with Crippen LogP contribution in [0, 0.1) is 6.92 Å². The molecular weight excluding hydrogens is 380 g/mol. The summed E-state index contributed by atoms with van der Waals surface area (Å²) in [5, 5.41) is 4.97. The number of nitrogens with zero attached hydrogens (tertiary/aromatic N) is 3. The average molecular weight is 405 g/mol. The van der Waals surface area contributed by atoms with Crippen molar-refractivity contribution in [3.8, 4) is 0 Å². The van der Waals surface area contributed by atoms with Crippen molar-refractivity contribution in [2.75, 3.05) is 19.3 Å². The van der Waals surface area contributed by atoms with Crippen molar-refractivity contribution in [3.63, 3.8) is 0 Å². The predicted octanol–water partition coefficient (Wildman–Crippen LogP) is 2.71. The highest BCUT2D eigenvalue weighted by atomic mass is 32.2. The summed E-state index contributed by atoms with van der Waals surface area (Å²) in [5.74, 6) is 0.891. The number of hydrogen-bond acceptors (Lipinski definition) is 6. The van der Waals surface area contributed by atoms with Crippen LogP contribution in [0.5, 0.6) is 0 Å². The third-order valence-corrected chi connectivity index (χ3v) is 7.12. The minimum Gasteiger partial charge on any atom is -0.352 e. The highest BCUT2D eigenvalue weighted by molar-refractivity contribution is 8.00. The summed E-state index contributed by atoms with van der Waals surface area (Å²) in [6.45, 7) is 2.01. The van der Waals surface area contributed by atoms with Gasteiger partial charge in [-0.15, -0.1) is 11.3 Å². The number of carbonyl (C=O) groups excluding carboxylic acids is 2. The molecule has 0 aliphatic heterocycles. The number of carbonyl (C=O) groups is 2. The van der Waals surface area contributed by atoms with Gasteiger partial charge in [0.05, 0.1) is 12.3 Å². The SMILES string of the molecule is Cc1nc(SCC(=O)N(C)CC(=O)NC2CC2)c2c3c(sc2n1)CCCC3. The van der Waals surface area contributed by atoms with Crippen LogP contribution in [0.25, 0.3) is 10.2 Å². The molecule has 4 rings (SSSR count). The Kier molecular flexibility index (Phi) is 5.36. The van der Waals surface area contributed by atoms with Crippen LogP contribution in [0.2, 0.25) is 0 Å². The Balaban J connectivity index is 1.45. The molecule has 0 atom stereocenters. The molecule has 144 valence electrons. The molecule has 2 heterocycles. The van der Waals surface area contributed by atoms with Gasteiger partial charge in [-0.1, -0.05) is 11.8 Å². The van der Waals surface area contributed by atoms with E-state index in [-0.39, 0.29) is 24.1 Å². The number of nitrogens with one attached hydrogen (secondary N) is 1. The van der Waals surface area contributed by atoms with Gasteiger partial charge < -0.3 is 10.2 Å². The fourth-order valence-electron chi connectivity index (χ4n) is 3.37. The normalized spacial score (nSPS) is 16.2. The lowest BCUT2D eigenvalue weighted by Crippen LogP contribution is -2.39. The molecule has 2 aromatic rings. The van der Waals surface area contributed by atoms with E-state index in [0.717, 1.165) is 46.8 Å². The first-order chi connectivity index (χ1) is 13.0. The van der Waals surface area contributed by atoms with Gasteiger partial charge >= 0.3 is 0 Å². The molecule has 0 spiro atoms. The molecule has 2 aliphatic rings. The third kappa shape index (κ3) is 4.27. The van der Waals surface area contributed by atoms with Crippen LogP contribution in [-0.4, -0.2) is 52.1 Å². The van der Waals surface area contributed by atoms with Crippen LogP contribution in [0.1, 0.15) is 41.9 Å². The molecule has 6 nitrogen and oxygen atoms in total. The van der Waals surface area contributed by atoms with E-state index in [2.05, 4.69) is 15.3 Å². The number of aryl methyl sites for hydroxylation is 3. The number of fused-ring (bicyclic) bond motifs is 3. The topological polar surface area (TPSA) is 75.2 Å². The van der Waals surface area contributed by atoms with Crippen LogP contribution in [-0.2, 0) is 22.4 Å². The predicted molar refractivity (Wildman–Crippen MR) is 108 cm³/mol.